The number of H-pyrrole nitrogens is 1. The van der Waals surface area contributed by atoms with Crippen molar-refractivity contribution in [2.75, 3.05) is 0 Å². The number of benzene rings is 1. The number of rotatable bonds is 6. The number of pyridine rings is 1. The zero-order valence-corrected chi connectivity index (χ0v) is 15.9. The average Bonchev–Trinajstić information content (AvgIpc) is 3.38. The molecule has 0 aliphatic carbocycles. The van der Waals surface area contributed by atoms with E-state index in [2.05, 4.69) is 21.4 Å². The van der Waals surface area contributed by atoms with E-state index in [-0.39, 0.29) is 18.4 Å². The van der Waals surface area contributed by atoms with Gasteiger partial charge >= 0.3 is 0 Å². The van der Waals surface area contributed by atoms with E-state index in [0.717, 1.165) is 27.0 Å². The Hall–Kier alpha value is -3.43. The van der Waals surface area contributed by atoms with Crippen LogP contribution in [0.15, 0.2) is 66.3 Å². The van der Waals surface area contributed by atoms with Crippen molar-refractivity contribution in [3.8, 4) is 6.07 Å². The largest absolute Gasteiger partial charge is 0.346 e. The van der Waals surface area contributed by atoms with Crippen molar-refractivity contribution in [1.29, 1.82) is 5.26 Å². The highest BCUT2D eigenvalue weighted by atomic mass is 32.1. The highest BCUT2D eigenvalue weighted by Gasteiger charge is 2.19. The Labute approximate surface area is 166 Å². The first-order valence-corrected chi connectivity index (χ1v) is 9.84. The third kappa shape index (κ3) is 3.66. The van der Waals surface area contributed by atoms with E-state index in [9.17, 15) is 4.79 Å². The molecule has 0 aliphatic rings. The number of hydrogen-bond acceptors (Lipinski definition) is 4. The second-order valence-corrected chi connectivity index (χ2v) is 7.44. The van der Waals surface area contributed by atoms with Crippen LogP contribution in [0.3, 0.4) is 0 Å². The maximum atomic E-state index is 13.0. The molecule has 0 saturated heterocycles. The summed E-state index contributed by atoms with van der Waals surface area (Å²) >= 11 is 1.56. The van der Waals surface area contributed by atoms with Gasteiger partial charge in [-0.05, 0) is 34.7 Å². The molecule has 0 spiro atoms. The zero-order chi connectivity index (χ0) is 19.3. The number of carbonyl (C=O) groups is 1. The predicted octanol–water partition coefficient (Wildman–Crippen LogP) is 4.60. The van der Waals surface area contributed by atoms with Gasteiger partial charge in [0.1, 0.15) is 5.65 Å². The molecular weight excluding hydrogens is 368 g/mol. The number of aromatic nitrogens is 2. The molecule has 0 unspecified atom stereocenters. The lowest BCUT2D eigenvalue weighted by atomic mass is 10.0. The minimum Gasteiger partial charge on any atom is -0.346 e. The fraction of sp³-hybridized carbons (Fsp3) is 0.136. The number of carbonyl (C=O) groups excluding carboxylic acids is 1. The van der Waals surface area contributed by atoms with Gasteiger partial charge in [-0.15, -0.1) is 11.3 Å². The standard InChI is InChI=1S/C22H18N4OS/c23-10-6-19(15-4-2-1-3-5-15)26-22(27)18-9-13-28-20(18)14-16-7-11-24-21-17(16)8-12-25-21/h1-5,7-9,11-13,19H,6,14H2,(H,24,25)(H,26,27)/t19-/m1/s1. The molecule has 1 atom stereocenters. The van der Waals surface area contributed by atoms with Crippen LogP contribution in [0.25, 0.3) is 11.0 Å². The van der Waals surface area contributed by atoms with Gasteiger partial charge in [0, 0.05) is 29.1 Å². The Bertz CT molecular complexity index is 1140. The fourth-order valence-corrected chi connectivity index (χ4v) is 4.18. The summed E-state index contributed by atoms with van der Waals surface area (Å²) in [5.74, 6) is -0.153. The van der Waals surface area contributed by atoms with Crippen molar-refractivity contribution in [3.05, 3.63) is 87.9 Å². The average molecular weight is 386 g/mol. The fourth-order valence-electron chi connectivity index (χ4n) is 3.29. The van der Waals surface area contributed by atoms with E-state index in [1.807, 2.05) is 60.1 Å². The molecule has 4 rings (SSSR count). The van der Waals surface area contributed by atoms with Crippen molar-refractivity contribution in [3.63, 3.8) is 0 Å². The summed E-state index contributed by atoms with van der Waals surface area (Å²) in [6, 6.07) is 17.3. The number of fused-ring (bicyclic) bond motifs is 1. The van der Waals surface area contributed by atoms with Crippen molar-refractivity contribution >= 4 is 28.3 Å². The zero-order valence-electron chi connectivity index (χ0n) is 15.1. The van der Waals surface area contributed by atoms with Gasteiger partial charge in [0.2, 0.25) is 0 Å². The van der Waals surface area contributed by atoms with Crippen LogP contribution in [0.5, 0.6) is 0 Å². The monoisotopic (exact) mass is 386 g/mol. The highest BCUT2D eigenvalue weighted by molar-refractivity contribution is 7.10. The molecule has 4 aromatic rings. The summed E-state index contributed by atoms with van der Waals surface area (Å²) in [6.45, 7) is 0. The molecule has 1 amide bonds. The first kappa shape index (κ1) is 18.0. The minimum atomic E-state index is -0.330. The van der Waals surface area contributed by atoms with E-state index in [4.69, 9.17) is 5.26 Å². The highest BCUT2D eigenvalue weighted by Crippen LogP contribution is 2.25. The number of nitrogens with one attached hydrogen (secondary N) is 2. The lowest BCUT2D eigenvalue weighted by molar-refractivity contribution is 0.0937. The number of aromatic amines is 1. The van der Waals surface area contributed by atoms with Gasteiger partial charge < -0.3 is 10.3 Å². The van der Waals surface area contributed by atoms with Crippen molar-refractivity contribution in [1.82, 2.24) is 15.3 Å². The Morgan fingerprint density at radius 3 is 2.89 bits per heavy atom. The first-order chi connectivity index (χ1) is 13.8. The normalized spacial score (nSPS) is 11.8. The van der Waals surface area contributed by atoms with E-state index < -0.39 is 0 Å². The number of nitrogens with zero attached hydrogens (tertiary/aromatic N) is 2. The van der Waals surface area contributed by atoms with Crippen molar-refractivity contribution < 1.29 is 4.79 Å². The van der Waals surface area contributed by atoms with Gasteiger partial charge in [-0.1, -0.05) is 30.3 Å². The number of thiophene rings is 1. The number of nitriles is 1. The third-order valence-corrected chi connectivity index (χ3v) is 5.62. The second kappa shape index (κ2) is 8.07. The molecule has 5 nitrogen and oxygen atoms in total. The van der Waals surface area contributed by atoms with Crippen LogP contribution in [0.2, 0.25) is 0 Å². The number of hydrogen-bond donors (Lipinski definition) is 2. The van der Waals surface area contributed by atoms with Gasteiger partial charge in [-0.2, -0.15) is 5.26 Å². The topological polar surface area (TPSA) is 81.6 Å². The maximum absolute atomic E-state index is 13.0. The lowest BCUT2D eigenvalue weighted by Gasteiger charge is -2.16. The van der Waals surface area contributed by atoms with Crippen molar-refractivity contribution in [2.45, 2.75) is 18.9 Å². The van der Waals surface area contributed by atoms with Gasteiger partial charge in [0.05, 0.1) is 24.1 Å². The van der Waals surface area contributed by atoms with Gasteiger partial charge in [-0.3, -0.25) is 4.79 Å². The van der Waals surface area contributed by atoms with Crippen LogP contribution in [0.4, 0.5) is 0 Å². The van der Waals surface area contributed by atoms with Crippen LogP contribution in [0.1, 0.15) is 38.8 Å². The SMILES string of the molecule is N#CC[C@@H](NC(=O)c1ccsc1Cc1ccnc2[nH]ccc12)c1ccccc1. The molecule has 0 saturated carbocycles. The maximum Gasteiger partial charge on any atom is 0.252 e. The van der Waals surface area contributed by atoms with Gasteiger partial charge in [-0.25, -0.2) is 4.98 Å². The van der Waals surface area contributed by atoms with Crippen LogP contribution in [-0.2, 0) is 6.42 Å². The molecule has 0 bridgehead atoms. The Morgan fingerprint density at radius 2 is 2.07 bits per heavy atom. The molecule has 28 heavy (non-hydrogen) atoms. The van der Waals surface area contributed by atoms with E-state index in [0.29, 0.717) is 12.0 Å². The molecule has 2 N–H and O–H groups in total. The molecule has 6 heteroatoms. The number of amides is 1. The van der Waals surface area contributed by atoms with E-state index >= 15 is 0 Å². The second-order valence-electron chi connectivity index (χ2n) is 6.44. The van der Waals surface area contributed by atoms with Gasteiger partial charge in [0.15, 0.2) is 0 Å². The third-order valence-electron chi connectivity index (χ3n) is 4.69. The summed E-state index contributed by atoms with van der Waals surface area (Å²) in [6.07, 6.45) is 4.53. The summed E-state index contributed by atoms with van der Waals surface area (Å²) < 4.78 is 0. The van der Waals surface area contributed by atoms with Gasteiger partial charge in [0.25, 0.3) is 5.91 Å². The molecule has 0 radical (unpaired) electrons. The van der Waals surface area contributed by atoms with Crippen LogP contribution in [-0.4, -0.2) is 15.9 Å². The van der Waals surface area contributed by atoms with E-state index in [1.165, 1.54) is 0 Å². The quantitative estimate of drug-likeness (QED) is 0.508. The summed E-state index contributed by atoms with van der Waals surface area (Å²) in [5, 5.41) is 15.2. The predicted molar refractivity (Wildman–Crippen MR) is 110 cm³/mol. The smallest absolute Gasteiger partial charge is 0.252 e. The molecule has 0 aliphatic heterocycles. The summed E-state index contributed by atoms with van der Waals surface area (Å²) in [5.41, 5.74) is 3.55. The Balaban J connectivity index is 1.57. The van der Waals surface area contributed by atoms with Crippen LogP contribution >= 0.6 is 11.3 Å². The molecule has 3 heterocycles. The molecular formula is C22H18N4OS. The molecule has 138 valence electrons. The Morgan fingerprint density at radius 1 is 1.21 bits per heavy atom. The Kier molecular flexibility index (Phi) is 5.18. The molecule has 3 aromatic heterocycles. The first-order valence-electron chi connectivity index (χ1n) is 8.96. The molecule has 0 fully saturated rings. The van der Waals surface area contributed by atoms with Crippen LogP contribution in [0, 0.1) is 11.3 Å². The minimum absolute atomic E-state index is 0.153. The van der Waals surface area contributed by atoms with Crippen LogP contribution < -0.4 is 5.32 Å². The summed E-state index contributed by atoms with van der Waals surface area (Å²) in [4.78, 5) is 21.4. The van der Waals surface area contributed by atoms with Crippen molar-refractivity contribution in [2.24, 2.45) is 0 Å². The molecule has 1 aromatic carbocycles. The summed E-state index contributed by atoms with van der Waals surface area (Å²) in [7, 11) is 0. The van der Waals surface area contributed by atoms with E-state index in [1.54, 1.807) is 17.5 Å². The lowest BCUT2D eigenvalue weighted by Crippen LogP contribution is -2.28.